The van der Waals surface area contributed by atoms with Crippen molar-refractivity contribution in [2.24, 2.45) is 0 Å². The van der Waals surface area contributed by atoms with Gasteiger partial charge in [-0.05, 0) is 49.8 Å². The summed E-state index contributed by atoms with van der Waals surface area (Å²) in [5.41, 5.74) is 1.58. The second-order valence-corrected chi connectivity index (χ2v) is 6.17. The molecule has 0 saturated heterocycles. The van der Waals surface area contributed by atoms with E-state index in [1.807, 2.05) is 60.8 Å². The van der Waals surface area contributed by atoms with Crippen molar-refractivity contribution < 1.29 is 14.3 Å². The predicted molar refractivity (Wildman–Crippen MR) is 103 cm³/mol. The molecule has 1 amide bonds. The summed E-state index contributed by atoms with van der Waals surface area (Å²) >= 11 is 0. The average Bonchev–Trinajstić information content (AvgIpc) is 3.08. The zero-order chi connectivity index (χ0) is 19.2. The number of carbonyl (C=O) groups excluding carboxylic acids is 1. The fraction of sp³-hybridized carbons (Fsp3) is 0.250. The lowest BCUT2D eigenvalue weighted by molar-refractivity contribution is -0.116. The van der Waals surface area contributed by atoms with Gasteiger partial charge in [0.25, 0.3) is 0 Å². The van der Waals surface area contributed by atoms with Gasteiger partial charge in [-0.1, -0.05) is 12.1 Å². The molecule has 0 bridgehead atoms. The van der Waals surface area contributed by atoms with Crippen LogP contribution < -0.4 is 14.8 Å². The number of methoxy groups -OCH3 is 1. The Hall–Kier alpha value is -3.35. The van der Waals surface area contributed by atoms with Crippen molar-refractivity contribution >= 4 is 17.6 Å². The maximum absolute atomic E-state index is 12.1. The van der Waals surface area contributed by atoms with Crippen molar-refractivity contribution in [1.29, 1.82) is 0 Å². The van der Waals surface area contributed by atoms with Gasteiger partial charge >= 0.3 is 0 Å². The van der Waals surface area contributed by atoms with Gasteiger partial charge < -0.3 is 14.8 Å². The fourth-order valence-electron chi connectivity index (χ4n) is 2.55. The highest BCUT2D eigenvalue weighted by atomic mass is 16.5. The summed E-state index contributed by atoms with van der Waals surface area (Å²) in [6.07, 6.45) is 5.11. The van der Waals surface area contributed by atoms with E-state index in [0.717, 1.165) is 11.2 Å². The van der Waals surface area contributed by atoms with Crippen molar-refractivity contribution in [3.8, 4) is 11.5 Å². The second-order valence-electron chi connectivity index (χ2n) is 6.17. The number of rotatable bonds is 7. The molecule has 140 valence electrons. The maximum atomic E-state index is 12.1. The molecule has 0 spiro atoms. The number of benzene rings is 1. The van der Waals surface area contributed by atoms with Crippen LogP contribution in [0, 0.1) is 0 Å². The van der Waals surface area contributed by atoms with E-state index in [1.165, 1.54) is 6.08 Å². The Kier molecular flexibility index (Phi) is 5.71. The standard InChI is InChI=1S/C20H22N4O3/c1-14(2)27-16-9-7-15(12-17(16)26-3)8-10-20(25)21-13-19-23-22-18-6-4-5-11-24(18)19/h4-12,14H,13H2,1-3H3,(H,21,25). The van der Waals surface area contributed by atoms with E-state index < -0.39 is 0 Å². The molecule has 0 saturated carbocycles. The van der Waals surface area contributed by atoms with Crippen LogP contribution in [-0.4, -0.2) is 33.7 Å². The maximum Gasteiger partial charge on any atom is 0.244 e. The fourth-order valence-corrected chi connectivity index (χ4v) is 2.55. The molecule has 0 unspecified atom stereocenters. The Labute approximate surface area is 157 Å². The minimum Gasteiger partial charge on any atom is -0.493 e. The number of carbonyl (C=O) groups is 1. The molecule has 3 rings (SSSR count). The lowest BCUT2D eigenvalue weighted by atomic mass is 10.2. The van der Waals surface area contributed by atoms with Gasteiger partial charge in [0.2, 0.25) is 5.91 Å². The van der Waals surface area contributed by atoms with Crippen LogP contribution in [0.3, 0.4) is 0 Å². The highest BCUT2D eigenvalue weighted by molar-refractivity contribution is 5.91. The van der Waals surface area contributed by atoms with E-state index in [9.17, 15) is 4.79 Å². The number of pyridine rings is 1. The van der Waals surface area contributed by atoms with Gasteiger partial charge in [-0.3, -0.25) is 9.20 Å². The molecule has 2 aromatic heterocycles. The molecule has 0 fully saturated rings. The lowest BCUT2D eigenvalue weighted by Gasteiger charge is -2.13. The van der Waals surface area contributed by atoms with Gasteiger partial charge in [-0.2, -0.15) is 0 Å². The summed E-state index contributed by atoms with van der Waals surface area (Å²) in [4.78, 5) is 12.1. The van der Waals surface area contributed by atoms with E-state index in [4.69, 9.17) is 9.47 Å². The van der Waals surface area contributed by atoms with Crippen molar-refractivity contribution in [3.05, 3.63) is 60.1 Å². The van der Waals surface area contributed by atoms with Gasteiger partial charge in [0.1, 0.15) is 0 Å². The van der Waals surface area contributed by atoms with Gasteiger partial charge in [0, 0.05) is 12.3 Å². The molecule has 0 atom stereocenters. The highest BCUT2D eigenvalue weighted by Crippen LogP contribution is 2.29. The molecule has 1 N–H and O–H groups in total. The van der Waals surface area contributed by atoms with Crippen molar-refractivity contribution in [3.63, 3.8) is 0 Å². The van der Waals surface area contributed by atoms with E-state index in [-0.39, 0.29) is 12.0 Å². The Balaban J connectivity index is 1.62. The number of fused-ring (bicyclic) bond motifs is 1. The molecule has 7 heteroatoms. The van der Waals surface area contributed by atoms with Crippen LogP contribution >= 0.6 is 0 Å². The lowest BCUT2D eigenvalue weighted by Crippen LogP contribution is -2.21. The van der Waals surface area contributed by atoms with E-state index in [1.54, 1.807) is 13.2 Å². The summed E-state index contributed by atoms with van der Waals surface area (Å²) in [6, 6.07) is 11.2. The molecule has 0 aliphatic rings. The quantitative estimate of drug-likeness (QED) is 0.651. The van der Waals surface area contributed by atoms with Crippen molar-refractivity contribution in [2.75, 3.05) is 7.11 Å². The third kappa shape index (κ3) is 4.63. The summed E-state index contributed by atoms with van der Waals surface area (Å²) in [6.45, 7) is 4.20. The second kappa shape index (κ2) is 8.35. The number of nitrogens with one attached hydrogen (secondary N) is 1. The summed E-state index contributed by atoms with van der Waals surface area (Å²) in [7, 11) is 1.59. The predicted octanol–water partition coefficient (Wildman–Crippen LogP) is 2.85. The normalized spacial score (nSPS) is 11.3. The average molecular weight is 366 g/mol. The third-order valence-electron chi connectivity index (χ3n) is 3.78. The third-order valence-corrected chi connectivity index (χ3v) is 3.78. The molecule has 0 radical (unpaired) electrons. The number of ether oxygens (including phenoxy) is 2. The Morgan fingerprint density at radius 1 is 1.22 bits per heavy atom. The molecule has 2 heterocycles. The van der Waals surface area contributed by atoms with Crippen LogP contribution in [0.4, 0.5) is 0 Å². The van der Waals surface area contributed by atoms with Crippen LogP contribution in [0.25, 0.3) is 11.7 Å². The van der Waals surface area contributed by atoms with Crippen LogP contribution in [0.1, 0.15) is 25.2 Å². The zero-order valence-corrected chi connectivity index (χ0v) is 15.5. The first kappa shape index (κ1) is 18.4. The van der Waals surface area contributed by atoms with E-state index >= 15 is 0 Å². The van der Waals surface area contributed by atoms with Crippen LogP contribution in [0.15, 0.2) is 48.7 Å². The molecule has 1 aromatic carbocycles. The Bertz CT molecular complexity index is 963. The molecule has 0 aliphatic carbocycles. The van der Waals surface area contributed by atoms with Crippen LogP contribution in [0.2, 0.25) is 0 Å². The Morgan fingerprint density at radius 2 is 2.07 bits per heavy atom. The van der Waals surface area contributed by atoms with Gasteiger partial charge in [-0.25, -0.2) is 0 Å². The largest absolute Gasteiger partial charge is 0.493 e. The SMILES string of the molecule is COc1cc(C=CC(=O)NCc2nnc3ccccn23)ccc1OC(C)C. The van der Waals surface area contributed by atoms with Crippen LogP contribution in [-0.2, 0) is 11.3 Å². The molecular weight excluding hydrogens is 344 g/mol. The van der Waals surface area contributed by atoms with Gasteiger partial charge in [0.15, 0.2) is 23.0 Å². The van der Waals surface area contributed by atoms with Crippen molar-refractivity contribution in [1.82, 2.24) is 19.9 Å². The van der Waals surface area contributed by atoms with Crippen molar-refractivity contribution in [2.45, 2.75) is 26.5 Å². The van der Waals surface area contributed by atoms with Gasteiger partial charge in [0.05, 0.1) is 19.8 Å². The van der Waals surface area contributed by atoms with Gasteiger partial charge in [-0.15, -0.1) is 10.2 Å². The minimum atomic E-state index is -0.218. The number of hydrogen-bond donors (Lipinski definition) is 1. The Morgan fingerprint density at radius 3 is 2.85 bits per heavy atom. The summed E-state index contributed by atoms with van der Waals surface area (Å²) in [5.74, 6) is 1.75. The number of amides is 1. The molecular formula is C20H22N4O3. The molecule has 3 aromatic rings. The summed E-state index contributed by atoms with van der Waals surface area (Å²) < 4.78 is 12.9. The van der Waals surface area contributed by atoms with Crippen LogP contribution in [0.5, 0.6) is 11.5 Å². The highest BCUT2D eigenvalue weighted by Gasteiger charge is 2.08. The number of hydrogen-bond acceptors (Lipinski definition) is 5. The number of nitrogens with zero attached hydrogens (tertiary/aromatic N) is 3. The topological polar surface area (TPSA) is 77.8 Å². The first-order chi connectivity index (χ1) is 13.1. The monoisotopic (exact) mass is 366 g/mol. The first-order valence-corrected chi connectivity index (χ1v) is 8.66. The minimum absolute atomic E-state index is 0.0549. The first-order valence-electron chi connectivity index (χ1n) is 8.66. The zero-order valence-electron chi connectivity index (χ0n) is 15.5. The smallest absolute Gasteiger partial charge is 0.244 e. The molecule has 7 nitrogen and oxygen atoms in total. The number of aromatic nitrogens is 3. The summed E-state index contributed by atoms with van der Waals surface area (Å²) in [5, 5.41) is 10.9. The molecule has 27 heavy (non-hydrogen) atoms. The van der Waals surface area contributed by atoms with E-state index in [2.05, 4.69) is 15.5 Å². The van der Waals surface area contributed by atoms with E-state index in [0.29, 0.717) is 23.9 Å². The molecule has 0 aliphatic heterocycles.